The van der Waals surface area contributed by atoms with E-state index in [1.165, 1.54) is 10.4 Å². The third-order valence-electron chi connectivity index (χ3n) is 7.63. The van der Waals surface area contributed by atoms with Crippen molar-refractivity contribution in [1.82, 2.24) is 19.3 Å². The van der Waals surface area contributed by atoms with Crippen LogP contribution in [0.5, 0.6) is 0 Å². The number of benzene rings is 1. The van der Waals surface area contributed by atoms with Crippen molar-refractivity contribution in [3.8, 4) is 0 Å². The molecule has 0 bridgehead atoms. The molecule has 2 aromatic heterocycles. The second-order valence-corrected chi connectivity index (χ2v) is 11.6. The zero-order valence-electron chi connectivity index (χ0n) is 20.7. The Hall–Kier alpha value is -2.35. The van der Waals surface area contributed by atoms with Crippen LogP contribution in [0.25, 0.3) is 10.2 Å². The fourth-order valence-electron chi connectivity index (χ4n) is 5.29. The summed E-state index contributed by atoms with van der Waals surface area (Å²) in [6, 6.07) is 9.89. The van der Waals surface area contributed by atoms with Crippen molar-refractivity contribution in [2.45, 2.75) is 33.2 Å². The lowest BCUT2D eigenvalue weighted by Crippen LogP contribution is -2.51. The molecule has 2 saturated heterocycles. The molecular weight excluding hydrogens is 480 g/mol. The minimum Gasteiger partial charge on any atom is -0.340 e. The Morgan fingerprint density at radius 3 is 2.29 bits per heavy atom. The number of carbonyl (C=O) groups excluding carboxylic acids is 2. The van der Waals surface area contributed by atoms with Crippen LogP contribution in [0.3, 0.4) is 0 Å². The molecule has 5 rings (SSSR count). The molecule has 186 valence electrons. The minimum atomic E-state index is 0.0247. The highest BCUT2D eigenvalue weighted by atomic mass is 35.5. The van der Waals surface area contributed by atoms with Crippen LogP contribution < -0.4 is 0 Å². The number of piperazine rings is 1. The summed E-state index contributed by atoms with van der Waals surface area (Å²) in [5.74, 6) is 0.351. The molecule has 0 spiro atoms. The molecule has 8 heteroatoms. The molecule has 6 nitrogen and oxygen atoms in total. The second kappa shape index (κ2) is 9.96. The maximum atomic E-state index is 13.7. The summed E-state index contributed by atoms with van der Waals surface area (Å²) < 4.78 is 3.32. The Morgan fingerprint density at radius 2 is 1.63 bits per heavy atom. The molecule has 2 aliphatic rings. The molecule has 0 N–H and O–H groups in total. The molecule has 3 aromatic rings. The van der Waals surface area contributed by atoms with E-state index < -0.39 is 0 Å². The first-order valence-electron chi connectivity index (χ1n) is 12.4. The molecule has 0 aliphatic carbocycles. The Balaban J connectivity index is 1.33. The van der Waals surface area contributed by atoms with E-state index in [2.05, 4.69) is 36.4 Å². The van der Waals surface area contributed by atoms with Crippen LogP contribution in [0.1, 0.15) is 39.3 Å². The first-order valence-corrected chi connectivity index (χ1v) is 13.6. The van der Waals surface area contributed by atoms with Gasteiger partial charge in [0.1, 0.15) is 5.69 Å². The van der Waals surface area contributed by atoms with E-state index in [-0.39, 0.29) is 17.7 Å². The minimum absolute atomic E-state index is 0.0247. The van der Waals surface area contributed by atoms with Gasteiger partial charge in [0.15, 0.2) is 0 Å². The predicted octanol–water partition coefficient (Wildman–Crippen LogP) is 4.65. The molecule has 0 saturated carbocycles. The summed E-state index contributed by atoms with van der Waals surface area (Å²) in [4.78, 5) is 34.3. The largest absolute Gasteiger partial charge is 0.340 e. The number of aryl methyl sites for hydroxylation is 2. The van der Waals surface area contributed by atoms with E-state index in [9.17, 15) is 9.59 Å². The molecule has 2 amide bonds. The second-order valence-electron chi connectivity index (χ2n) is 9.93. The SMILES string of the molecule is Cc1sc2cc(C(=O)N3CCC(C(=O)N4CCN(C)CC4)CC3)n(Cc3ccc(Cl)cc3)c2c1C. The maximum Gasteiger partial charge on any atom is 0.270 e. The van der Waals surface area contributed by atoms with Gasteiger partial charge in [-0.1, -0.05) is 23.7 Å². The Kier molecular flexibility index (Phi) is 6.93. The van der Waals surface area contributed by atoms with Crippen LogP contribution in [-0.4, -0.2) is 77.4 Å². The van der Waals surface area contributed by atoms with Gasteiger partial charge in [-0.3, -0.25) is 9.59 Å². The number of rotatable bonds is 4. The number of likely N-dealkylation sites (tertiary alicyclic amines) is 1. The molecule has 1 aromatic carbocycles. The molecule has 35 heavy (non-hydrogen) atoms. The maximum absolute atomic E-state index is 13.7. The van der Waals surface area contributed by atoms with Gasteiger partial charge < -0.3 is 19.3 Å². The summed E-state index contributed by atoms with van der Waals surface area (Å²) >= 11 is 7.84. The fourth-order valence-corrected chi connectivity index (χ4v) is 6.52. The molecule has 0 radical (unpaired) electrons. The van der Waals surface area contributed by atoms with Crippen molar-refractivity contribution in [2.75, 3.05) is 46.3 Å². The van der Waals surface area contributed by atoms with Gasteiger partial charge in [-0.05, 0) is 63.1 Å². The van der Waals surface area contributed by atoms with Gasteiger partial charge >= 0.3 is 0 Å². The molecule has 4 heterocycles. The van der Waals surface area contributed by atoms with Crippen LogP contribution >= 0.6 is 22.9 Å². The number of hydrogen-bond donors (Lipinski definition) is 0. The van der Waals surface area contributed by atoms with Crippen LogP contribution in [0.15, 0.2) is 30.3 Å². The van der Waals surface area contributed by atoms with Crippen molar-refractivity contribution in [2.24, 2.45) is 5.92 Å². The molecular formula is C27H33ClN4O2S. The number of nitrogens with zero attached hydrogens (tertiary/aromatic N) is 4. The summed E-state index contributed by atoms with van der Waals surface area (Å²) in [6.07, 6.45) is 1.47. The van der Waals surface area contributed by atoms with Crippen molar-refractivity contribution in [3.63, 3.8) is 0 Å². The lowest BCUT2D eigenvalue weighted by molar-refractivity contribution is -0.138. The summed E-state index contributed by atoms with van der Waals surface area (Å²) in [5, 5.41) is 0.708. The van der Waals surface area contributed by atoms with Crippen LogP contribution in [0, 0.1) is 19.8 Å². The Labute approximate surface area is 216 Å². The van der Waals surface area contributed by atoms with E-state index in [1.807, 2.05) is 34.1 Å². The van der Waals surface area contributed by atoms with Crippen LogP contribution in [-0.2, 0) is 11.3 Å². The highest BCUT2D eigenvalue weighted by Crippen LogP contribution is 2.34. The molecule has 2 aliphatic heterocycles. The topological polar surface area (TPSA) is 48.8 Å². The first-order chi connectivity index (χ1) is 16.8. The van der Waals surface area contributed by atoms with E-state index in [0.717, 1.165) is 60.5 Å². The van der Waals surface area contributed by atoms with Gasteiger partial charge in [0.25, 0.3) is 5.91 Å². The lowest BCUT2D eigenvalue weighted by atomic mass is 9.94. The van der Waals surface area contributed by atoms with Crippen molar-refractivity contribution in [1.29, 1.82) is 0 Å². The number of carbonyl (C=O) groups is 2. The summed E-state index contributed by atoms with van der Waals surface area (Å²) in [7, 11) is 2.10. The number of fused-ring (bicyclic) bond motifs is 1. The number of aromatic nitrogens is 1. The number of hydrogen-bond acceptors (Lipinski definition) is 4. The van der Waals surface area contributed by atoms with Gasteiger partial charge in [-0.2, -0.15) is 0 Å². The predicted molar refractivity (Wildman–Crippen MR) is 143 cm³/mol. The third kappa shape index (κ3) is 4.86. The van der Waals surface area contributed by atoms with Crippen LogP contribution in [0.2, 0.25) is 5.02 Å². The molecule has 2 fully saturated rings. The Morgan fingerprint density at radius 1 is 0.971 bits per heavy atom. The van der Waals surface area contributed by atoms with Crippen molar-refractivity contribution < 1.29 is 9.59 Å². The summed E-state index contributed by atoms with van der Waals surface area (Å²) in [6.45, 7) is 9.63. The first kappa shape index (κ1) is 24.3. The fraction of sp³-hybridized carbons (Fsp3) is 0.481. The lowest BCUT2D eigenvalue weighted by Gasteiger charge is -2.37. The van der Waals surface area contributed by atoms with Gasteiger partial charge in [-0.15, -0.1) is 11.3 Å². The van der Waals surface area contributed by atoms with E-state index in [0.29, 0.717) is 24.7 Å². The van der Waals surface area contributed by atoms with E-state index in [1.54, 1.807) is 11.3 Å². The highest BCUT2D eigenvalue weighted by Gasteiger charge is 2.33. The van der Waals surface area contributed by atoms with Gasteiger partial charge in [0, 0.05) is 61.6 Å². The number of halogens is 1. The standard InChI is InChI=1S/C27H33ClN4O2S/c1-18-19(2)35-24-16-23(32(25(18)24)17-20-4-6-22(28)7-5-20)27(34)30-10-8-21(9-11-30)26(33)31-14-12-29(3)13-15-31/h4-7,16,21H,8-15,17H2,1-3H3. The Bertz CT molecular complexity index is 1230. The zero-order valence-corrected chi connectivity index (χ0v) is 22.3. The average molecular weight is 513 g/mol. The monoisotopic (exact) mass is 512 g/mol. The van der Waals surface area contributed by atoms with Crippen LogP contribution in [0.4, 0.5) is 0 Å². The third-order valence-corrected chi connectivity index (χ3v) is 9.02. The molecule has 0 unspecified atom stereocenters. The average Bonchev–Trinajstić information content (AvgIpc) is 3.35. The van der Waals surface area contributed by atoms with E-state index >= 15 is 0 Å². The normalized spacial score (nSPS) is 17.9. The number of piperidine rings is 1. The van der Waals surface area contributed by atoms with Crippen molar-refractivity contribution >= 4 is 45.0 Å². The van der Waals surface area contributed by atoms with Crippen molar-refractivity contribution in [3.05, 3.63) is 57.1 Å². The zero-order chi connectivity index (χ0) is 24.7. The number of amides is 2. The van der Waals surface area contributed by atoms with Gasteiger partial charge in [0.05, 0.1) is 10.2 Å². The number of thiophene rings is 1. The smallest absolute Gasteiger partial charge is 0.270 e. The van der Waals surface area contributed by atoms with E-state index in [4.69, 9.17) is 11.6 Å². The van der Waals surface area contributed by atoms with Gasteiger partial charge in [0.2, 0.25) is 5.91 Å². The molecule has 0 atom stereocenters. The highest BCUT2D eigenvalue weighted by molar-refractivity contribution is 7.19. The summed E-state index contributed by atoms with van der Waals surface area (Å²) in [5.41, 5.74) is 4.22. The van der Waals surface area contributed by atoms with Gasteiger partial charge in [-0.25, -0.2) is 0 Å². The quantitative estimate of drug-likeness (QED) is 0.511. The number of likely N-dealkylation sites (N-methyl/N-ethyl adjacent to an activating group) is 1.